The highest BCUT2D eigenvalue weighted by Gasteiger charge is 2.32. The molecule has 0 aliphatic carbocycles. The first-order chi connectivity index (χ1) is 11.4. The van der Waals surface area contributed by atoms with E-state index in [4.69, 9.17) is 11.6 Å². The van der Waals surface area contributed by atoms with Gasteiger partial charge in [0.1, 0.15) is 12.7 Å². The molecule has 0 aliphatic heterocycles. The average Bonchev–Trinajstić information content (AvgIpc) is 3.07. The van der Waals surface area contributed by atoms with Crippen LogP contribution in [0.4, 0.5) is 13.2 Å². The number of benzene rings is 2. The first kappa shape index (κ1) is 16.2. The minimum atomic E-state index is -4.57. The molecule has 0 atom stereocenters. The van der Waals surface area contributed by atoms with Crippen LogP contribution < -0.4 is 0 Å². The van der Waals surface area contributed by atoms with Crippen LogP contribution in [-0.2, 0) is 6.18 Å². The molecule has 122 valence electrons. The van der Waals surface area contributed by atoms with E-state index in [1.54, 1.807) is 12.1 Å². The molecule has 0 N–H and O–H groups in total. The third-order valence-corrected chi connectivity index (χ3v) is 3.71. The zero-order valence-corrected chi connectivity index (χ0v) is 12.7. The highest BCUT2D eigenvalue weighted by molar-refractivity contribution is 6.35. The minimum Gasteiger partial charge on any atom is -0.288 e. The Balaban J connectivity index is 2.20. The van der Waals surface area contributed by atoms with Crippen molar-refractivity contribution in [2.75, 3.05) is 0 Å². The number of rotatable bonds is 3. The van der Waals surface area contributed by atoms with Crippen LogP contribution in [-0.4, -0.2) is 20.5 Å². The number of nitrogens with zero attached hydrogens (tertiary/aromatic N) is 3. The van der Waals surface area contributed by atoms with Crippen molar-refractivity contribution >= 4 is 17.4 Å². The van der Waals surface area contributed by atoms with Gasteiger partial charge in [0.05, 0.1) is 16.3 Å². The van der Waals surface area contributed by atoms with Crippen molar-refractivity contribution in [3.8, 4) is 5.69 Å². The van der Waals surface area contributed by atoms with Crippen LogP contribution in [0, 0.1) is 0 Å². The number of hydrogen-bond acceptors (Lipinski definition) is 3. The second kappa shape index (κ2) is 6.09. The lowest BCUT2D eigenvalue weighted by Crippen LogP contribution is -2.12. The summed E-state index contributed by atoms with van der Waals surface area (Å²) in [7, 11) is 0. The fraction of sp³-hybridized carbons (Fsp3) is 0.0625. The van der Waals surface area contributed by atoms with Gasteiger partial charge < -0.3 is 0 Å². The van der Waals surface area contributed by atoms with E-state index in [1.165, 1.54) is 35.4 Å². The van der Waals surface area contributed by atoms with Gasteiger partial charge in [0.15, 0.2) is 5.78 Å². The number of aromatic nitrogens is 3. The first-order valence-electron chi connectivity index (χ1n) is 6.73. The smallest absolute Gasteiger partial charge is 0.288 e. The maximum absolute atomic E-state index is 13.0. The molecule has 0 radical (unpaired) electrons. The monoisotopic (exact) mass is 351 g/mol. The van der Waals surface area contributed by atoms with Gasteiger partial charge in [-0.15, -0.1) is 10.2 Å². The second-order valence-corrected chi connectivity index (χ2v) is 5.32. The Bertz CT molecular complexity index is 892. The van der Waals surface area contributed by atoms with Crippen LogP contribution >= 0.6 is 11.6 Å². The summed E-state index contributed by atoms with van der Waals surface area (Å²) < 4.78 is 40.4. The van der Waals surface area contributed by atoms with E-state index < -0.39 is 17.5 Å². The predicted molar refractivity (Wildman–Crippen MR) is 81.2 cm³/mol. The van der Waals surface area contributed by atoms with Crippen molar-refractivity contribution in [1.82, 2.24) is 14.8 Å². The van der Waals surface area contributed by atoms with Crippen molar-refractivity contribution < 1.29 is 18.0 Å². The van der Waals surface area contributed by atoms with E-state index in [9.17, 15) is 18.0 Å². The van der Waals surface area contributed by atoms with Crippen LogP contribution in [0.15, 0.2) is 55.1 Å². The van der Waals surface area contributed by atoms with Crippen LogP contribution in [0.1, 0.15) is 21.5 Å². The summed E-state index contributed by atoms with van der Waals surface area (Å²) in [5, 5.41) is 7.39. The molecular formula is C16H9ClF3N3O. The Labute approximate surface area is 139 Å². The Hall–Kier alpha value is -2.67. The quantitative estimate of drug-likeness (QED) is 0.665. The Morgan fingerprint density at radius 3 is 2.29 bits per heavy atom. The number of hydrogen-bond donors (Lipinski definition) is 0. The SMILES string of the molecule is O=C(c1ccccc1Cl)c1cc(C(F)(F)F)ccc1-n1cnnc1. The highest BCUT2D eigenvalue weighted by atomic mass is 35.5. The van der Waals surface area contributed by atoms with Crippen molar-refractivity contribution in [3.05, 3.63) is 76.8 Å². The van der Waals surface area contributed by atoms with E-state index in [-0.39, 0.29) is 21.8 Å². The molecule has 0 saturated carbocycles. The highest BCUT2D eigenvalue weighted by Crippen LogP contribution is 2.32. The molecule has 0 amide bonds. The van der Waals surface area contributed by atoms with Gasteiger partial charge >= 0.3 is 6.18 Å². The predicted octanol–water partition coefficient (Wildman–Crippen LogP) is 4.17. The Kier molecular flexibility index (Phi) is 4.11. The van der Waals surface area contributed by atoms with Gasteiger partial charge in [0.2, 0.25) is 0 Å². The number of halogens is 4. The van der Waals surface area contributed by atoms with Gasteiger partial charge in [-0.2, -0.15) is 13.2 Å². The molecule has 0 bridgehead atoms. The first-order valence-corrected chi connectivity index (χ1v) is 7.11. The fourth-order valence-electron chi connectivity index (χ4n) is 2.23. The number of carbonyl (C=O) groups is 1. The van der Waals surface area contributed by atoms with Gasteiger partial charge in [-0.05, 0) is 30.3 Å². The molecule has 1 heterocycles. The van der Waals surface area contributed by atoms with E-state index in [1.807, 2.05) is 0 Å². The molecule has 0 saturated heterocycles. The van der Waals surface area contributed by atoms with E-state index in [0.717, 1.165) is 12.1 Å². The van der Waals surface area contributed by atoms with Gasteiger partial charge in [-0.25, -0.2) is 0 Å². The van der Waals surface area contributed by atoms with Gasteiger partial charge in [-0.1, -0.05) is 23.7 Å². The molecule has 0 unspecified atom stereocenters. The molecule has 0 aliphatic rings. The normalized spacial score (nSPS) is 11.5. The van der Waals surface area contributed by atoms with E-state index in [0.29, 0.717) is 0 Å². The van der Waals surface area contributed by atoms with Gasteiger partial charge in [-0.3, -0.25) is 9.36 Å². The lowest BCUT2D eigenvalue weighted by atomic mass is 9.99. The molecule has 24 heavy (non-hydrogen) atoms. The van der Waals surface area contributed by atoms with Crippen molar-refractivity contribution in [1.29, 1.82) is 0 Å². The summed E-state index contributed by atoms with van der Waals surface area (Å²) in [5.74, 6) is -0.615. The summed E-state index contributed by atoms with van der Waals surface area (Å²) in [4.78, 5) is 12.8. The summed E-state index contributed by atoms with van der Waals surface area (Å²) in [6, 6.07) is 9.09. The largest absolute Gasteiger partial charge is 0.416 e. The fourth-order valence-corrected chi connectivity index (χ4v) is 2.46. The summed E-state index contributed by atoms with van der Waals surface area (Å²) in [6.45, 7) is 0. The van der Waals surface area contributed by atoms with E-state index >= 15 is 0 Å². The molecule has 3 rings (SSSR count). The van der Waals surface area contributed by atoms with Crippen LogP contribution in [0.25, 0.3) is 5.69 Å². The molecule has 8 heteroatoms. The third kappa shape index (κ3) is 3.03. The molecule has 1 aromatic heterocycles. The zero-order valence-electron chi connectivity index (χ0n) is 12.0. The average molecular weight is 352 g/mol. The molecular weight excluding hydrogens is 343 g/mol. The van der Waals surface area contributed by atoms with E-state index in [2.05, 4.69) is 10.2 Å². The van der Waals surface area contributed by atoms with Crippen LogP contribution in [0.3, 0.4) is 0 Å². The molecule has 4 nitrogen and oxygen atoms in total. The maximum Gasteiger partial charge on any atom is 0.416 e. The van der Waals surface area contributed by atoms with Crippen molar-refractivity contribution in [2.45, 2.75) is 6.18 Å². The minimum absolute atomic E-state index is 0.118. The topological polar surface area (TPSA) is 47.8 Å². The van der Waals surface area contributed by atoms with Gasteiger partial charge in [0.25, 0.3) is 0 Å². The summed E-state index contributed by atoms with van der Waals surface area (Å²) >= 11 is 6.00. The number of ketones is 1. The van der Waals surface area contributed by atoms with Crippen molar-refractivity contribution in [2.24, 2.45) is 0 Å². The third-order valence-electron chi connectivity index (χ3n) is 3.38. The molecule has 3 aromatic rings. The lowest BCUT2D eigenvalue weighted by molar-refractivity contribution is -0.137. The van der Waals surface area contributed by atoms with Crippen LogP contribution in [0.5, 0.6) is 0 Å². The van der Waals surface area contributed by atoms with Crippen molar-refractivity contribution in [3.63, 3.8) is 0 Å². The Morgan fingerprint density at radius 1 is 1.00 bits per heavy atom. The van der Waals surface area contributed by atoms with Crippen LogP contribution in [0.2, 0.25) is 5.02 Å². The summed E-state index contributed by atoms with van der Waals surface area (Å²) in [6.07, 6.45) is -1.97. The number of alkyl halides is 3. The maximum atomic E-state index is 13.0. The standard InChI is InChI=1S/C16H9ClF3N3O/c17-13-4-2-1-3-11(13)15(24)12-7-10(16(18,19)20)5-6-14(12)23-8-21-22-9-23/h1-9H. The Morgan fingerprint density at radius 2 is 1.67 bits per heavy atom. The zero-order chi connectivity index (χ0) is 17.3. The molecule has 2 aromatic carbocycles. The van der Waals surface area contributed by atoms with Gasteiger partial charge in [0, 0.05) is 11.1 Å². The summed E-state index contributed by atoms with van der Waals surface area (Å²) in [5.41, 5.74) is -0.710. The lowest BCUT2D eigenvalue weighted by Gasteiger charge is -2.13. The number of carbonyl (C=O) groups excluding carboxylic acids is 1. The molecule has 0 fully saturated rings. The molecule has 0 spiro atoms. The second-order valence-electron chi connectivity index (χ2n) is 4.91.